The van der Waals surface area contributed by atoms with Gasteiger partial charge in [0.15, 0.2) is 5.75 Å². The van der Waals surface area contributed by atoms with Crippen LogP contribution in [0.4, 0.5) is 0 Å². The molecule has 0 saturated carbocycles. The molecule has 0 saturated heterocycles. The third-order valence-corrected chi connectivity index (χ3v) is 6.37. The number of amides is 3. The van der Waals surface area contributed by atoms with Gasteiger partial charge in [-0.25, -0.2) is 8.42 Å². The molecule has 10 nitrogen and oxygen atoms in total. The summed E-state index contributed by atoms with van der Waals surface area (Å²) in [5.41, 5.74) is 2.63. The van der Waals surface area contributed by atoms with Gasteiger partial charge in [-0.15, -0.1) is 0 Å². The molecule has 2 aromatic carbocycles. The van der Waals surface area contributed by atoms with E-state index in [1.165, 1.54) is 19.1 Å². The average Bonchev–Trinajstić information content (AvgIpc) is 2.79. The van der Waals surface area contributed by atoms with Gasteiger partial charge < -0.3 is 15.5 Å². The maximum absolute atomic E-state index is 13.0. The maximum atomic E-state index is 13.0. The molecular weight excluding hydrogens is 484 g/mol. The van der Waals surface area contributed by atoms with Crippen LogP contribution in [0, 0.1) is 6.92 Å². The summed E-state index contributed by atoms with van der Waals surface area (Å²) >= 11 is 0. The van der Waals surface area contributed by atoms with E-state index in [4.69, 9.17) is 4.84 Å². The first-order valence-corrected chi connectivity index (χ1v) is 13.0. The van der Waals surface area contributed by atoms with Gasteiger partial charge in [0.05, 0.1) is 4.90 Å². The Balaban J connectivity index is 2.10. The Hall–Kier alpha value is -3.44. The van der Waals surface area contributed by atoms with Gasteiger partial charge >= 0.3 is 0 Å². The summed E-state index contributed by atoms with van der Waals surface area (Å²) in [7, 11) is -4.07. The lowest BCUT2D eigenvalue weighted by Crippen LogP contribution is -2.53. The minimum absolute atomic E-state index is 0.0212. The van der Waals surface area contributed by atoms with E-state index in [0.29, 0.717) is 5.75 Å². The second kappa shape index (κ2) is 12.5. The summed E-state index contributed by atoms with van der Waals surface area (Å²) in [4.78, 5) is 42.9. The molecule has 0 aliphatic heterocycles. The van der Waals surface area contributed by atoms with Gasteiger partial charge in [-0.1, -0.05) is 35.9 Å². The molecule has 2 rings (SSSR count). The van der Waals surface area contributed by atoms with Crippen LogP contribution in [-0.2, 0) is 24.4 Å². The SMILES string of the molecule is Cc1ccc(S(=O)(=O)N[C@@H](CCC(=O)NC(C)(C)C)C(=O)N[C@@H](C)C(=O)NOc2ccccc2)cc1. The van der Waals surface area contributed by atoms with E-state index >= 15 is 0 Å². The first-order valence-electron chi connectivity index (χ1n) is 11.5. The predicted octanol–water partition coefficient (Wildman–Crippen LogP) is 1.95. The number of para-hydroxylation sites is 1. The van der Waals surface area contributed by atoms with Crippen molar-refractivity contribution in [1.82, 2.24) is 20.8 Å². The fourth-order valence-electron chi connectivity index (χ4n) is 3.04. The van der Waals surface area contributed by atoms with Crippen LogP contribution in [0.5, 0.6) is 5.75 Å². The summed E-state index contributed by atoms with van der Waals surface area (Å²) < 4.78 is 28.2. The quantitative estimate of drug-likeness (QED) is 0.335. The fraction of sp³-hybridized carbons (Fsp3) is 0.400. The van der Waals surface area contributed by atoms with E-state index in [1.807, 2.05) is 27.7 Å². The van der Waals surface area contributed by atoms with Gasteiger partial charge in [0.1, 0.15) is 12.1 Å². The summed E-state index contributed by atoms with van der Waals surface area (Å²) in [6, 6.07) is 12.3. The standard InChI is InChI=1S/C25H34N4O6S/c1-17-11-13-20(14-12-17)36(33,34)29-21(15-16-22(30)27-25(3,4)5)24(32)26-18(2)23(31)28-35-19-9-7-6-8-10-19/h6-14,18,21,29H,15-16H2,1-5H3,(H,26,32)(H,27,30)(H,28,31)/t18-,21-/m0/s1. The van der Waals surface area contributed by atoms with E-state index in [9.17, 15) is 22.8 Å². The number of aryl methyl sites for hydroxylation is 1. The number of hydroxylamine groups is 1. The van der Waals surface area contributed by atoms with Crippen LogP contribution in [0.2, 0.25) is 0 Å². The smallest absolute Gasteiger partial charge is 0.274 e. The van der Waals surface area contributed by atoms with E-state index in [1.54, 1.807) is 42.5 Å². The number of hydrogen-bond acceptors (Lipinski definition) is 6. The molecule has 0 radical (unpaired) electrons. The first kappa shape index (κ1) is 28.8. The van der Waals surface area contributed by atoms with Crippen LogP contribution >= 0.6 is 0 Å². The molecule has 0 fully saturated rings. The molecule has 0 spiro atoms. The normalized spacial score (nSPS) is 13.2. The van der Waals surface area contributed by atoms with Crippen molar-refractivity contribution in [3.8, 4) is 5.75 Å². The zero-order valence-corrected chi connectivity index (χ0v) is 21.9. The predicted molar refractivity (Wildman–Crippen MR) is 135 cm³/mol. The van der Waals surface area contributed by atoms with Gasteiger partial charge in [-0.05, 0) is 65.3 Å². The van der Waals surface area contributed by atoms with Crippen LogP contribution in [0.3, 0.4) is 0 Å². The lowest BCUT2D eigenvalue weighted by Gasteiger charge is -2.23. The first-order chi connectivity index (χ1) is 16.8. The zero-order valence-electron chi connectivity index (χ0n) is 21.1. The van der Waals surface area contributed by atoms with Gasteiger partial charge in [0.2, 0.25) is 21.8 Å². The third kappa shape index (κ3) is 9.67. The molecule has 0 unspecified atom stereocenters. The van der Waals surface area contributed by atoms with Crippen molar-refractivity contribution >= 4 is 27.7 Å². The number of nitrogens with one attached hydrogen (secondary N) is 4. The zero-order chi connectivity index (χ0) is 26.9. The van der Waals surface area contributed by atoms with Gasteiger partial charge in [-0.2, -0.15) is 10.2 Å². The molecule has 4 N–H and O–H groups in total. The highest BCUT2D eigenvalue weighted by atomic mass is 32.2. The second-order valence-electron chi connectivity index (χ2n) is 9.44. The maximum Gasteiger partial charge on any atom is 0.274 e. The number of carbonyl (C=O) groups is 3. The second-order valence-corrected chi connectivity index (χ2v) is 11.1. The lowest BCUT2D eigenvalue weighted by atomic mass is 10.1. The van der Waals surface area contributed by atoms with E-state index in [2.05, 4.69) is 20.8 Å². The number of carbonyl (C=O) groups excluding carboxylic acids is 3. The highest BCUT2D eigenvalue weighted by Crippen LogP contribution is 2.13. The Morgan fingerprint density at radius 2 is 1.56 bits per heavy atom. The Morgan fingerprint density at radius 1 is 0.944 bits per heavy atom. The van der Waals surface area contributed by atoms with Crippen LogP contribution in [0.15, 0.2) is 59.5 Å². The van der Waals surface area contributed by atoms with Crippen molar-refractivity contribution in [2.75, 3.05) is 0 Å². The van der Waals surface area contributed by atoms with Gasteiger partial charge in [0.25, 0.3) is 5.91 Å². The van der Waals surface area contributed by atoms with Gasteiger partial charge in [-0.3, -0.25) is 14.4 Å². The third-order valence-electron chi connectivity index (χ3n) is 4.88. The van der Waals surface area contributed by atoms with Crippen LogP contribution < -0.4 is 25.7 Å². The van der Waals surface area contributed by atoms with Gasteiger partial charge in [0, 0.05) is 12.0 Å². The van der Waals surface area contributed by atoms with Crippen molar-refractivity contribution in [2.45, 2.75) is 70.0 Å². The fourth-order valence-corrected chi connectivity index (χ4v) is 4.27. The average molecular weight is 519 g/mol. The van der Waals surface area contributed by atoms with Crippen molar-refractivity contribution in [1.29, 1.82) is 0 Å². The van der Waals surface area contributed by atoms with Crippen LogP contribution in [0.25, 0.3) is 0 Å². The number of benzene rings is 2. The van der Waals surface area contributed by atoms with E-state index in [-0.39, 0.29) is 23.6 Å². The van der Waals surface area contributed by atoms with E-state index < -0.39 is 39.5 Å². The topological polar surface area (TPSA) is 143 Å². The van der Waals surface area contributed by atoms with Crippen LogP contribution in [-0.4, -0.2) is 43.8 Å². The Morgan fingerprint density at radius 3 is 2.14 bits per heavy atom. The molecule has 0 aromatic heterocycles. The lowest BCUT2D eigenvalue weighted by molar-refractivity contribution is -0.133. The molecule has 2 aromatic rings. The summed E-state index contributed by atoms with van der Waals surface area (Å²) in [5, 5.41) is 5.26. The molecule has 0 aliphatic rings. The van der Waals surface area contributed by atoms with E-state index in [0.717, 1.165) is 5.56 Å². The molecule has 196 valence electrons. The molecule has 0 bridgehead atoms. The van der Waals surface area contributed by atoms with Crippen LogP contribution in [0.1, 0.15) is 46.1 Å². The molecule has 0 heterocycles. The number of hydrogen-bond donors (Lipinski definition) is 4. The Labute approximate surface area is 212 Å². The molecule has 3 amide bonds. The molecular formula is C25H34N4O6S. The minimum Gasteiger partial charge on any atom is -0.379 e. The van der Waals surface area contributed by atoms with Crippen molar-refractivity contribution in [2.24, 2.45) is 0 Å². The summed E-state index contributed by atoms with van der Waals surface area (Å²) in [6.45, 7) is 8.69. The number of rotatable bonds is 11. The number of sulfonamides is 1. The van der Waals surface area contributed by atoms with Crippen molar-refractivity contribution < 1.29 is 27.6 Å². The molecule has 2 atom stereocenters. The summed E-state index contributed by atoms with van der Waals surface area (Å²) in [6.07, 6.45) is -0.225. The summed E-state index contributed by atoms with van der Waals surface area (Å²) in [5.74, 6) is -1.33. The Bertz CT molecular complexity index is 1150. The minimum atomic E-state index is -4.07. The highest BCUT2D eigenvalue weighted by molar-refractivity contribution is 7.89. The largest absolute Gasteiger partial charge is 0.379 e. The molecule has 0 aliphatic carbocycles. The highest BCUT2D eigenvalue weighted by Gasteiger charge is 2.29. The Kier molecular flexibility index (Phi) is 10.00. The van der Waals surface area contributed by atoms with Crippen molar-refractivity contribution in [3.63, 3.8) is 0 Å². The van der Waals surface area contributed by atoms with Crippen molar-refractivity contribution in [3.05, 3.63) is 60.2 Å². The molecule has 11 heteroatoms. The molecule has 36 heavy (non-hydrogen) atoms. The monoisotopic (exact) mass is 518 g/mol.